The fourth-order valence-corrected chi connectivity index (χ4v) is 3.25. The average Bonchev–Trinajstić information content (AvgIpc) is 3.28. The first kappa shape index (κ1) is 19.7. The van der Waals surface area contributed by atoms with Gasteiger partial charge in [0.25, 0.3) is 5.91 Å². The number of carbonyl (C=O) groups excluding carboxylic acids is 1. The fourth-order valence-electron chi connectivity index (χ4n) is 3.12. The molecule has 0 spiro atoms. The molecule has 2 aromatic rings. The minimum atomic E-state index is -4.46. The molecule has 1 aliphatic heterocycles. The van der Waals surface area contributed by atoms with Crippen molar-refractivity contribution in [2.75, 3.05) is 13.2 Å². The summed E-state index contributed by atoms with van der Waals surface area (Å²) in [5.74, 6) is 0.139. The molecule has 0 aliphatic carbocycles. The van der Waals surface area contributed by atoms with Crippen molar-refractivity contribution in [3.05, 3.63) is 41.3 Å². The van der Waals surface area contributed by atoms with Gasteiger partial charge >= 0.3 is 6.18 Å². The van der Waals surface area contributed by atoms with Gasteiger partial charge in [0.1, 0.15) is 18.5 Å². The largest absolute Gasteiger partial charge is 0.411 e. The quantitative estimate of drug-likeness (QED) is 0.809. The summed E-state index contributed by atoms with van der Waals surface area (Å²) in [6.07, 6.45) is -2.53. The molecule has 2 heterocycles. The third-order valence-corrected chi connectivity index (χ3v) is 4.70. The number of aromatic amines is 1. The Morgan fingerprint density at radius 3 is 2.78 bits per heavy atom. The first-order chi connectivity index (χ1) is 12.7. The predicted octanol–water partition coefficient (Wildman–Crippen LogP) is 4.36. The fraction of sp³-hybridized carbons (Fsp3) is 0.444. The van der Waals surface area contributed by atoms with E-state index >= 15 is 0 Å². The summed E-state index contributed by atoms with van der Waals surface area (Å²) in [6.45, 7) is 0.352. The van der Waals surface area contributed by atoms with Crippen molar-refractivity contribution < 1.29 is 22.7 Å². The van der Waals surface area contributed by atoms with E-state index in [2.05, 4.69) is 9.97 Å². The van der Waals surface area contributed by atoms with Gasteiger partial charge in [-0.1, -0.05) is 23.7 Å². The highest BCUT2D eigenvalue weighted by molar-refractivity contribution is 6.30. The van der Waals surface area contributed by atoms with Gasteiger partial charge < -0.3 is 14.6 Å². The van der Waals surface area contributed by atoms with Crippen LogP contribution in [0.4, 0.5) is 13.2 Å². The third kappa shape index (κ3) is 4.81. The van der Waals surface area contributed by atoms with E-state index in [-0.39, 0.29) is 6.04 Å². The topological polar surface area (TPSA) is 58.2 Å². The molecule has 9 heteroatoms. The molecule has 1 saturated heterocycles. The number of hydrogen-bond acceptors (Lipinski definition) is 3. The zero-order valence-corrected chi connectivity index (χ0v) is 15.3. The maximum absolute atomic E-state index is 12.5. The first-order valence-corrected chi connectivity index (χ1v) is 8.92. The van der Waals surface area contributed by atoms with E-state index < -0.39 is 24.8 Å². The lowest BCUT2D eigenvalue weighted by molar-refractivity contribution is -0.188. The van der Waals surface area contributed by atoms with Crippen molar-refractivity contribution in [2.24, 2.45) is 0 Å². The van der Waals surface area contributed by atoms with Crippen LogP contribution in [0.5, 0.6) is 0 Å². The Labute approximate surface area is 159 Å². The summed E-state index contributed by atoms with van der Waals surface area (Å²) in [5.41, 5.74) is 1.68. The Balaban J connectivity index is 1.71. The lowest BCUT2D eigenvalue weighted by Gasteiger charge is -2.26. The highest BCUT2D eigenvalue weighted by Crippen LogP contribution is 2.32. The van der Waals surface area contributed by atoms with Gasteiger partial charge in [-0.15, -0.1) is 0 Å². The highest BCUT2D eigenvalue weighted by atomic mass is 35.5. The van der Waals surface area contributed by atoms with Crippen LogP contribution in [0.15, 0.2) is 30.5 Å². The van der Waals surface area contributed by atoms with Crippen LogP contribution in [-0.4, -0.2) is 46.2 Å². The number of benzene rings is 1. The number of aromatic nitrogens is 2. The molecular weight excluding hydrogens is 383 g/mol. The predicted molar refractivity (Wildman–Crippen MR) is 94.2 cm³/mol. The van der Waals surface area contributed by atoms with Crippen LogP contribution >= 0.6 is 11.6 Å². The number of amides is 1. The van der Waals surface area contributed by atoms with Crippen LogP contribution in [0.1, 0.15) is 31.6 Å². The van der Waals surface area contributed by atoms with E-state index in [4.69, 9.17) is 16.3 Å². The van der Waals surface area contributed by atoms with Crippen LogP contribution in [0.25, 0.3) is 11.3 Å². The highest BCUT2D eigenvalue weighted by Gasteiger charge is 2.36. The number of carbonyl (C=O) groups is 1. The van der Waals surface area contributed by atoms with E-state index in [1.807, 2.05) is 12.1 Å². The molecule has 27 heavy (non-hydrogen) atoms. The van der Waals surface area contributed by atoms with E-state index in [9.17, 15) is 18.0 Å². The summed E-state index contributed by atoms with van der Waals surface area (Å²) in [7, 11) is 0. The van der Waals surface area contributed by atoms with Gasteiger partial charge in [0.15, 0.2) is 0 Å². The average molecular weight is 402 g/mol. The van der Waals surface area contributed by atoms with Gasteiger partial charge in [-0.25, -0.2) is 4.98 Å². The second-order valence-electron chi connectivity index (χ2n) is 6.45. The number of ether oxygens (including phenoxy) is 1. The van der Waals surface area contributed by atoms with Gasteiger partial charge in [0.05, 0.1) is 17.9 Å². The standard InChI is InChI=1S/C18H19ClF3N3O2/c1-11(27-10-18(20,21)22)17(26)25-8-2-3-15(25)16-23-9-14(24-16)12-4-6-13(19)7-5-12/h4-7,9,11,15H,2-3,8,10H2,1H3,(H,23,24)/t11-,15-/m0/s1. The van der Waals surface area contributed by atoms with Crippen molar-refractivity contribution in [3.8, 4) is 11.3 Å². The molecule has 1 aromatic heterocycles. The smallest absolute Gasteiger partial charge is 0.359 e. The molecule has 1 aromatic carbocycles. The second kappa shape index (κ2) is 7.90. The molecule has 0 unspecified atom stereocenters. The zero-order valence-electron chi connectivity index (χ0n) is 14.6. The van der Waals surface area contributed by atoms with Crippen molar-refractivity contribution >= 4 is 17.5 Å². The number of likely N-dealkylation sites (tertiary alicyclic amines) is 1. The monoisotopic (exact) mass is 401 g/mol. The molecule has 5 nitrogen and oxygen atoms in total. The van der Waals surface area contributed by atoms with Gasteiger partial charge in [-0.05, 0) is 37.5 Å². The maximum atomic E-state index is 12.5. The summed E-state index contributed by atoms with van der Waals surface area (Å²) in [5, 5.41) is 0.624. The molecule has 0 radical (unpaired) electrons. The number of nitrogens with zero attached hydrogens (tertiary/aromatic N) is 2. The molecule has 1 fully saturated rings. The molecule has 0 saturated carbocycles. The number of H-pyrrole nitrogens is 1. The van der Waals surface area contributed by atoms with E-state index in [0.717, 1.165) is 17.7 Å². The maximum Gasteiger partial charge on any atom is 0.411 e. The van der Waals surface area contributed by atoms with E-state index in [1.54, 1.807) is 18.3 Å². The van der Waals surface area contributed by atoms with Crippen LogP contribution in [-0.2, 0) is 9.53 Å². The van der Waals surface area contributed by atoms with E-state index in [0.29, 0.717) is 23.8 Å². The van der Waals surface area contributed by atoms with Crippen molar-refractivity contribution in [2.45, 2.75) is 38.1 Å². The Hall–Kier alpha value is -2.06. The number of alkyl halides is 3. The summed E-state index contributed by atoms with van der Waals surface area (Å²) in [4.78, 5) is 21.6. The second-order valence-corrected chi connectivity index (χ2v) is 6.88. The summed E-state index contributed by atoms with van der Waals surface area (Å²) in [6, 6.07) is 6.93. The molecule has 1 aliphatic rings. The lowest BCUT2D eigenvalue weighted by Crippen LogP contribution is -2.40. The normalized spacial score (nSPS) is 18.7. The molecule has 0 bridgehead atoms. The van der Waals surface area contributed by atoms with Gasteiger partial charge in [-0.3, -0.25) is 4.79 Å². The minimum Gasteiger partial charge on any atom is -0.359 e. The molecule has 1 N–H and O–H groups in total. The lowest BCUT2D eigenvalue weighted by atomic mass is 10.2. The number of halogens is 4. The zero-order chi connectivity index (χ0) is 19.6. The Bertz CT molecular complexity index is 792. The third-order valence-electron chi connectivity index (χ3n) is 4.45. The van der Waals surface area contributed by atoms with Gasteiger partial charge in [-0.2, -0.15) is 13.2 Å². The first-order valence-electron chi connectivity index (χ1n) is 8.54. The van der Waals surface area contributed by atoms with Crippen LogP contribution < -0.4 is 0 Å². The van der Waals surface area contributed by atoms with Crippen molar-refractivity contribution in [1.29, 1.82) is 0 Å². The molecular formula is C18H19ClF3N3O2. The van der Waals surface area contributed by atoms with Gasteiger partial charge in [0, 0.05) is 11.6 Å². The van der Waals surface area contributed by atoms with Crippen LogP contribution in [0.3, 0.4) is 0 Å². The van der Waals surface area contributed by atoms with E-state index in [1.165, 1.54) is 11.8 Å². The summed E-state index contributed by atoms with van der Waals surface area (Å²) < 4.78 is 41.6. The van der Waals surface area contributed by atoms with Crippen LogP contribution in [0.2, 0.25) is 5.02 Å². The van der Waals surface area contributed by atoms with Gasteiger partial charge in [0.2, 0.25) is 0 Å². The Morgan fingerprint density at radius 1 is 1.41 bits per heavy atom. The molecule has 2 atom stereocenters. The number of rotatable bonds is 5. The number of hydrogen-bond donors (Lipinski definition) is 1. The Morgan fingerprint density at radius 2 is 2.11 bits per heavy atom. The van der Waals surface area contributed by atoms with Crippen molar-refractivity contribution in [3.63, 3.8) is 0 Å². The molecule has 1 amide bonds. The van der Waals surface area contributed by atoms with Crippen molar-refractivity contribution in [1.82, 2.24) is 14.9 Å². The molecule has 146 valence electrons. The number of nitrogens with one attached hydrogen (secondary N) is 1. The Kier molecular flexibility index (Phi) is 5.76. The van der Waals surface area contributed by atoms with Crippen LogP contribution in [0, 0.1) is 0 Å². The number of imidazole rings is 1. The SMILES string of the molecule is C[C@H](OCC(F)(F)F)C(=O)N1CCC[C@H]1c1ncc(-c2ccc(Cl)cc2)[nH]1. The minimum absolute atomic E-state index is 0.310. The summed E-state index contributed by atoms with van der Waals surface area (Å²) >= 11 is 5.89. The molecule has 3 rings (SSSR count).